The summed E-state index contributed by atoms with van der Waals surface area (Å²) in [6.45, 7) is 6.70. The van der Waals surface area contributed by atoms with Crippen LogP contribution in [0.15, 0.2) is 0 Å². The van der Waals surface area contributed by atoms with Crippen LogP contribution in [0.4, 0.5) is 10.8 Å². The molecule has 1 unspecified atom stereocenters. The van der Waals surface area contributed by atoms with Crippen LogP contribution >= 0.6 is 11.5 Å². The number of aromatic nitrogens is 1. The van der Waals surface area contributed by atoms with E-state index in [0.717, 1.165) is 10.6 Å². The lowest BCUT2D eigenvalue weighted by Crippen LogP contribution is -2.17. The third kappa shape index (κ3) is 2.25. The van der Waals surface area contributed by atoms with E-state index in [1.165, 1.54) is 30.8 Å². The van der Waals surface area contributed by atoms with Crippen LogP contribution in [0.25, 0.3) is 0 Å². The molecule has 1 aliphatic carbocycles. The van der Waals surface area contributed by atoms with Crippen LogP contribution in [0, 0.1) is 12.3 Å². The highest BCUT2D eigenvalue weighted by Crippen LogP contribution is 2.39. The van der Waals surface area contributed by atoms with E-state index < -0.39 is 0 Å². The monoisotopic (exact) mass is 225 g/mol. The third-order valence-electron chi connectivity index (χ3n) is 3.26. The van der Waals surface area contributed by atoms with Gasteiger partial charge in [-0.1, -0.05) is 13.8 Å². The third-order valence-corrected chi connectivity index (χ3v) is 4.16. The lowest BCUT2D eigenvalue weighted by Gasteiger charge is -2.18. The van der Waals surface area contributed by atoms with Gasteiger partial charge in [0.1, 0.15) is 10.8 Å². The van der Waals surface area contributed by atoms with E-state index in [2.05, 4.69) is 23.5 Å². The topological polar surface area (TPSA) is 50.9 Å². The predicted octanol–water partition coefficient (Wildman–Crippen LogP) is 3.02. The molecular weight excluding hydrogens is 206 g/mol. The molecule has 3 N–H and O–H groups in total. The van der Waals surface area contributed by atoms with Gasteiger partial charge in [0, 0.05) is 11.6 Å². The van der Waals surface area contributed by atoms with Crippen molar-refractivity contribution in [3.05, 3.63) is 5.56 Å². The van der Waals surface area contributed by atoms with Crippen molar-refractivity contribution in [1.29, 1.82) is 0 Å². The second kappa shape index (κ2) is 3.67. The first-order valence-electron chi connectivity index (χ1n) is 5.46. The summed E-state index contributed by atoms with van der Waals surface area (Å²) in [5, 5.41) is 4.71. The standard InChI is InChI=1S/C11H19N3S/c1-7-9(12)14-15-10(7)13-8-4-5-11(2,3)6-8/h8,13H,4-6H2,1-3H3,(H2,12,14). The summed E-state index contributed by atoms with van der Waals surface area (Å²) < 4.78 is 4.15. The summed E-state index contributed by atoms with van der Waals surface area (Å²) in [7, 11) is 0. The molecule has 0 aliphatic heterocycles. The Morgan fingerprint density at radius 1 is 1.53 bits per heavy atom. The Morgan fingerprint density at radius 3 is 2.73 bits per heavy atom. The fourth-order valence-electron chi connectivity index (χ4n) is 2.23. The molecule has 1 aromatic heterocycles. The van der Waals surface area contributed by atoms with Crippen molar-refractivity contribution in [2.24, 2.45) is 5.41 Å². The Bertz CT molecular complexity index is 357. The van der Waals surface area contributed by atoms with Gasteiger partial charge in [-0.3, -0.25) is 0 Å². The molecular formula is C11H19N3S. The predicted molar refractivity (Wildman–Crippen MR) is 66.3 cm³/mol. The molecule has 1 fully saturated rings. The summed E-state index contributed by atoms with van der Waals surface area (Å²) in [5.41, 5.74) is 7.32. The quantitative estimate of drug-likeness (QED) is 0.813. The first kappa shape index (κ1) is 10.7. The van der Waals surface area contributed by atoms with Gasteiger partial charge in [0.2, 0.25) is 0 Å². The van der Waals surface area contributed by atoms with E-state index in [-0.39, 0.29) is 0 Å². The Balaban J connectivity index is 2.02. The van der Waals surface area contributed by atoms with E-state index in [0.29, 0.717) is 17.3 Å². The second-order valence-electron chi connectivity index (χ2n) is 5.27. The summed E-state index contributed by atoms with van der Waals surface area (Å²) in [6.07, 6.45) is 3.80. The maximum atomic E-state index is 5.73. The maximum absolute atomic E-state index is 5.73. The minimum absolute atomic E-state index is 0.488. The Labute approximate surface area is 95.2 Å². The minimum atomic E-state index is 0.488. The van der Waals surface area contributed by atoms with Crippen LogP contribution in [0.1, 0.15) is 38.7 Å². The normalized spacial score (nSPS) is 24.3. The van der Waals surface area contributed by atoms with Gasteiger partial charge in [0.25, 0.3) is 0 Å². The van der Waals surface area contributed by atoms with Crippen molar-refractivity contribution in [2.75, 3.05) is 11.1 Å². The molecule has 3 nitrogen and oxygen atoms in total. The highest BCUT2D eigenvalue weighted by atomic mass is 32.1. The molecule has 1 aliphatic rings. The van der Waals surface area contributed by atoms with E-state index in [4.69, 9.17) is 5.73 Å². The summed E-state index contributed by atoms with van der Waals surface area (Å²) in [6, 6.07) is 0.596. The van der Waals surface area contributed by atoms with E-state index in [9.17, 15) is 0 Å². The SMILES string of the molecule is Cc1c(N)nsc1NC1CCC(C)(C)C1. The van der Waals surface area contributed by atoms with Gasteiger partial charge in [0.15, 0.2) is 0 Å². The number of nitrogen functional groups attached to an aromatic ring is 1. The van der Waals surface area contributed by atoms with Gasteiger partial charge in [0.05, 0.1) is 0 Å². The van der Waals surface area contributed by atoms with Gasteiger partial charge >= 0.3 is 0 Å². The van der Waals surface area contributed by atoms with Gasteiger partial charge in [-0.25, -0.2) is 0 Å². The first-order chi connectivity index (χ1) is 6.98. The largest absolute Gasteiger partial charge is 0.383 e. The molecule has 0 radical (unpaired) electrons. The van der Waals surface area contributed by atoms with Crippen molar-refractivity contribution >= 4 is 22.4 Å². The molecule has 0 amide bonds. The van der Waals surface area contributed by atoms with Crippen LogP contribution in [-0.2, 0) is 0 Å². The van der Waals surface area contributed by atoms with Crippen molar-refractivity contribution in [1.82, 2.24) is 4.37 Å². The lowest BCUT2D eigenvalue weighted by molar-refractivity contribution is 0.378. The molecule has 1 saturated carbocycles. The number of hydrogen-bond donors (Lipinski definition) is 2. The average Bonchev–Trinajstić information content (AvgIpc) is 2.63. The molecule has 1 heterocycles. The molecule has 84 valence electrons. The molecule has 2 rings (SSSR count). The number of rotatable bonds is 2. The highest BCUT2D eigenvalue weighted by Gasteiger charge is 2.31. The first-order valence-corrected chi connectivity index (χ1v) is 6.23. The van der Waals surface area contributed by atoms with Crippen molar-refractivity contribution in [3.63, 3.8) is 0 Å². The van der Waals surface area contributed by atoms with Crippen LogP contribution in [0.5, 0.6) is 0 Å². The molecule has 15 heavy (non-hydrogen) atoms. The van der Waals surface area contributed by atoms with E-state index >= 15 is 0 Å². The zero-order valence-corrected chi connectivity index (χ0v) is 10.4. The van der Waals surface area contributed by atoms with Crippen LogP contribution in [0.2, 0.25) is 0 Å². The second-order valence-corrected chi connectivity index (χ2v) is 6.04. The molecule has 4 heteroatoms. The van der Waals surface area contributed by atoms with E-state index in [1.807, 2.05) is 6.92 Å². The lowest BCUT2D eigenvalue weighted by atomic mass is 9.92. The van der Waals surface area contributed by atoms with Gasteiger partial charge in [-0.05, 0) is 43.1 Å². The van der Waals surface area contributed by atoms with Crippen molar-refractivity contribution in [3.8, 4) is 0 Å². The van der Waals surface area contributed by atoms with Gasteiger partial charge < -0.3 is 11.1 Å². The Hall–Kier alpha value is -0.770. The minimum Gasteiger partial charge on any atom is -0.383 e. The summed E-state index contributed by atoms with van der Waals surface area (Å²) >= 11 is 1.48. The van der Waals surface area contributed by atoms with E-state index in [1.54, 1.807) is 0 Å². The maximum Gasteiger partial charge on any atom is 0.142 e. The van der Waals surface area contributed by atoms with Crippen LogP contribution < -0.4 is 11.1 Å². The number of nitrogens with one attached hydrogen (secondary N) is 1. The molecule has 1 atom stereocenters. The molecule has 0 bridgehead atoms. The number of anilines is 2. The fourth-order valence-corrected chi connectivity index (χ4v) is 3.01. The van der Waals surface area contributed by atoms with Crippen LogP contribution in [0.3, 0.4) is 0 Å². The van der Waals surface area contributed by atoms with Crippen LogP contribution in [-0.4, -0.2) is 10.4 Å². The van der Waals surface area contributed by atoms with Gasteiger partial charge in [-0.2, -0.15) is 4.37 Å². The Morgan fingerprint density at radius 2 is 2.27 bits per heavy atom. The van der Waals surface area contributed by atoms with Crippen molar-refractivity contribution in [2.45, 2.75) is 46.1 Å². The highest BCUT2D eigenvalue weighted by molar-refractivity contribution is 7.10. The number of nitrogens with zero attached hydrogens (tertiary/aromatic N) is 1. The summed E-state index contributed by atoms with van der Waals surface area (Å²) in [5.74, 6) is 0.666. The van der Waals surface area contributed by atoms with Crippen molar-refractivity contribution < 1.29 is 0 Å². The average molecular weight is 225 g/mol. The molecule has 0 spiro atoms. The number of hydrogen-bond acceptors (Lipinski definition) is 4. The molecule has 1 aromatic rings. The fraction of sp³-hybridized carbons (Fsp3) is 0.727. The Kier molecular flexibility index (Phi) is 2.63. The van der Waals surface area contributed by atoms with Gasteiger partial charge in [-0.15, -0.1) is 0 Å². The molecule has 0 aromatic carbocycles. The summed E-state index contributed by atoms with van der Waals surface area (Å²) in [4.78, 5) is 0. The smallest absolute Gasteiger partial charge is 0.142 e. The molecule has 0 saturated heterocycles. The zero-order chi connectivity index (χ0) is 11.1. The zero-order valence-electron chi connectivity index (χ0n) is 9.63. The number of nitrogens with two attached hydrogens (primary N) is 1.